The van der Waals surface area contributed by atoms with Crippen LogP contribution in [-0.2, 0) is 19.6 Å². The fourth-order valence-corrected chi connectivity index (χ4v) is 2.85. The van der Waals surface area contributed by atoms with Gasteiger partial charge in [-0.3, -0.25) is 9.69 Å². The first-order chi connectivity index (χ1) is 10.3. The van der Waals surface area contributed by atoms with E-state index in [1.165, 1.54) is 24.3 Å². The van der Waals surface area contributed by atoms with Crippen LogP contribution in [-0.4, -0.2) is 51.1 Å². The van der Waals surface area contributed by atoms with Gasteiger partial charge in [0.25, 0.3) is 0 Å². The van der Waals surface area contributed by atoms with Gasteiger partial charge in [0.05, 0.1) is 23.6 Å². The number of morpholine rings is 1. The van der Waals surface area contributed by atoms with Gasteiger partial charge in [-0.25, -0.2) is 13.6 Å². The van der Waals surface area contributed by atoms with Crippen molar-refractivity contribution in [1.29, 1.82) is 0 Å². The average Bonchev–Trinajstić information content (AvgIpc) is 2.46. The molecule has 0 unspecified atom stereocenters. The average molecular weight is 327 g/mol. The summed E-state index contributed by atoms with van der Waals surface area (Å²) >= 11 is 0. The van der Waals surface area contributed by atoms with Gasteiger partial charge >= 0.3 is 0 Å². The van der Waals surface area contributed by atoms with Crippen molar-refractivity contribution in [2.24, 2.45) is 5.14 Å². The van der Waals surface area contributed by atoms with E-state index in [0.29, 0.717) is 25.4 Å². The summed E-state index contributed by atoms with van der Waals surface area (Å²) in [6.07, 6.45) is 0.109. The summed E-state index contributed by atoms with van der Waals surface area (Å²) < 4.78 is 27.8. The van der Waals surface area contributed by atoms with Crippen molar-refractivity contribution < 1.29 is 17.9 Å². The minimum absolute atomic E-state index is 0.0144. The van der Waals surface area contributed by atoms with Gasteiger partial charge in [-0.2, -0.15) is 0 Å². The Morgan fingerprint density at radius 2 is 2.05 bits per heavy atom. The molecule has 1 heterocycles. The Balaban J connectivity index is 1.99. The van der Waals surface area contributed by atoms with Crippen LogP contribution < -0.4 is 10.5 Å². The molecule has 1 aromatic rings. The predicted octanol–water partition coefficient (Wildman–Crippen LogP) is 0.382. The van der Waals surface area contributed by atoms with Gasteiger partial charge in [0.15, 0.2) is 0 Å². The second-order valence-corrected chi connectivity index (χ2v) is 6.97. The normalized spacial score (nSPS) is 21.3. The largest absolute Gasteiger partial charge is 0.376 e. The van der Waals surface area contributed by atoms with Gasteiger partial charge in [-0.05, 0) is 38.1 Å². The quantitative estimate of drug-likeness (QED) is 0.832. The molecule has 2 rings (SSSR count). The SMILES string of the molecule is C[C@@H]1CN([C@@H](C)C(=O)Nc2ccc(S(N)(=O)=O)cc2)CCO1. The van der Waals surface area contributed by atoms with Crippen LogP contribution in [0.3, 0.4) is 0 Å². The number of hydrogen-bond donors (Lipinski definition) is 2. The Labute approximate surface area is 130 Å². The third-order valence-electron chi connectivity index (χ3n) is 3.65. The summed E-state index contributed by atoms with van der Waals surface area (Å²) in [5.41, 5.74) is 0.533. The number of nitrogens with two attached hydrogens (primary N) is 1. The molecule has 8 heteroatoms. The molecule has 1 saturated heterocycles. The molecule has 22 heavy (non-hydrogen) atoms. The molecular formula is C14H21N3O4S. The number of ether oxygens (including phenoxy) is 1. The molecule has 0 aliphatic carbocycles. The van der Waals surface area contributed by atoms with E-state index in [9.17, 15) is 13.2 Å². The standard InChI is InChI=1S/C14H21N3O4S/c1-10-9-17(7-8-21-10)11(2)14(18)16-12-3-5-13(6-4-12)22(15,19)20/h3-6,10-11H,7-9H2,1-2H3,(H,16,18)(H2,15,19,20)/t10-,11+/m1/s1. The first-order valence-corrected chi connectivity index (χ1v) is 8.61. The highest BCUT2D eigenvalue weighted by Crippen LogP contribution is 2.15. The monoisotopic (exact) mass is 327 g/mol. The van der Waals surface area contributed by atoms with Crippen LogP contribution in [0, 0.1) is 0 Å². The lowest BCUT2D eigenvalue weighted by Gasteiger charge is -2.34. The zero-order chi connectivity index (χ0) is 16.3. The van der Waals surface area contributed by atoms with E-state index in [4.69, 9.17) is 9.88 Å². The lowest BCUT2D eigenvalue weighted by molar-refractivity contribution is -0.123. The molecule has 1 fully saturated rings. The van der Waals surface area contributed by atoms with E-state index in [0.717, 1.165) is 0 Å². The Bertz CT molecular complexity index is 630. The summed E-state index contributed by atoms with van der Waals surface area (Å²) in [4.78, 5) is 14.3. The number of primary sulfonamides is 1. The summed E-state index contributed by atoms with van der Waals surface area (Å²) in [6.45, 7) is 5.85. The summed E-state index contributed by atoms with van der Waals surface area (Å²) in [5, 5.41) is 7.81. The number of carbonyl (C=O) groups excluding carboxylic acids is 1. The van der Waals surface area contributed by atoms with Gasteiger partial charge in [0.2, 0.25) is 15.9 Å². The van der Waals surface area contributed by atoms with Crippen LogP contribution in [0.15, 0.2) is 29.2 Å². The van der Waals surface area contributed by atoms with Crippen LogP contribution >= 0.6 is 0 Å². The number of amides is 1. The van der Waals surface area contributed by atoms with Crippen LogP contribution in [0.4, 0.5) is 5.69 Å². The molecule has 0 saturated carbocycles. The second-order valence-electron chi connectivity index (χ2n) is 5.41. The molecular weight excluding hydrogens is 306 g/mol. The number of sulfonamides is 1. The van der Waals surface area contributed by atoms with Crippen molar-refractivity contribution in [1.82, 2.24) is 4.90 Å². The molecule has 1 aromatic carbocycles. The molecule has 0 bridgehead atoms. The van der Waals surface area contributed by atoms with Crippen molar-refractivity contribution in [3.63, 3.8) is 0 Å². The molecule has 1 aliphatic rings. The maximum Gasteiger partial charge on any atom is 0.241 e. The maximum atomic E-state index is 12.3. The highest BCUT2D eigenvalue weighted by molar-refractivity contribution is 7.89. The number of rotatable bonds is 4. The zero-order valence-electron chi connectivity index (χ0n) is 12.7. The fraction of sp³-hybridized carbons (Fsp3) is 0.500. The summed E-state index contributed by atoms with van der Waals surface area (Å²) in [7, 11) is -3.72. The van der Waals surface area contributed by atoms with Gasteiger partial charge in [-0.15, -0.1) is 0 Å². The van der Waals surface area contributed by atoms with Crippen LogP contribution in [0.25, 0.3) is 0 Å². The Morgan fingerprint density at radius 3 is 2.59 bits per heavy atom. The third kappa shape index (κ3) is 4.26. The first-order valence-electron chi connectivity index (χ1n) is 7.07. The Morgan fingerprint density at radius 1 is 1.41 bits per heavy atom. The Kier molecular flexibility index (Phi) is 5.17. The fourth-order valence-electron chi connectivity index (χ4n) is 2.34. The highest BCUT2D eigenvalue weighted by Gasteiger charge is 2.26. The highest BCUT2D eigenvalue weighted by atomic mass is 32.2. The van der Waals surface area contributed by atoms with Crippen LogP contribution in [0.5, 0.6) is 0 Å². The minimum Gasteiger partial charge on any atom is -0.376 e. The van der Waals surface area contributed by atoms with Crippen molar-refractivity contribution >= 4 is 21.6 Å². The summed E-state index contributed by atoms with van der Waals surface area (Å²) in [5.74, 6) is -0.141. The van der Waals surface area contributed by atoms with E-state index in [1.54, 1.807) is 0 Å². The molecule has 2 atom stereocenters. The lowest BCUT2D eigenvalue weighted by atomic mass is 10.2. The van der Waals surface area contributed by atoms with Crippen molar-refractivity contribution in [3.05, 3.63) is 24.3 Å². The van der Waals surface area contributed by atoms with Crippen LogP contribution in [0.1, 0.15) is 13.8 Å². The molecule has 1 aliphatic heterocycles. The predicted molar refractivity (Wildman–Crippen MR) is 82.9 cm³/mol. The molecule has 3 N–H and O–H groups in total. The van der Waals surface area contributed by atoms with E-state index in [1.807, 2.05) is 13.8 Å². The number of carbonyl (C=O) groups is 1. The van der Waals surface area contributed by atoms with Gasteiger partial charge in [0.1, 0.15) is 0 Å². The minimum atomic E-state index is -3.72. The molecule has 7 nitrogen and oxygen atoms in total. The number of nitrogens with one attached hydrogen (secondary N) is 1. The van der Waals surface area contributed by atoms with Crippen molar-refractivity contribution in [3.8, 4) is 0 Å². The molecule has 0 aromatic heterocycles. The summed E-state index contributed by atoms with van der Waals surface area (Å²) in [6, 6.07) is 5.49. The molecule has 0 spiro atoms. The number of hydrogen-bond acceptors (Lipinski definition) is 5. The maximum absolute atomic E-state index is 12.3. The van der Waals surface area contributed by atoms with E-state index in [2.05, 4.69) is 10.2 Å². The lowest BCUT2D eigenvalue weighted by Crippen LogP contribution is -2.50. The van der Waals surface area contributed by atoms with E-state index >= 15 is 0 Å². The molecule has 122 valence electrons. The van der Waals surface area contributed by atoms with E-state index in [-0.39, 0.29) is 22.9 Å². The number of benzene rings is 1. The van der Waals surface area contributed by atoms with Crippen molar-refractivity contribution in [2.75, 3.05) is 25.0 Å². The number of nitrogens with zero attached hydrogens (tertiary/aromatic N) is 1. The third-order valence-corrected chi connectivity index (χ3v) is 4.58. The first kappa shape index (κ1) is 16.9. The second kappa shape index (κ2) is 6.74. The Hall–Kier alpha value is -1.48. The zero-order valence-corrected chi connectivity index (χ0v) is 13.5. The smallest absolute Gasteiger partial charge is 0.241 e. The van der Waals surface area contributed by atoms with Crippen molar-refractivity contribution in [2.45, 2.75) is 30.9 Å². The number of anilines is 1. The molecule has 0 radical (unpaired) electrons. The topological polar surface area (TPSA) is 102 Å². The molecule has 1 amide bonds. The van der Waals surface area contributed by atoms with Gasteiger partial charge in [-0.1, -0.05) is 0 Å². The van der Waals surface area contributed by atoms with E-state index < -0.39 is 10.0 Å². The van der Waals surface area contributed by atoms with Gasteiger partial charge < -0.3 is 10.1 Å². The van der Waals surface area contributed by atoms with Crippen LogP contribution in [0.2, 0.25) is 0 Å². The van der Waals surface area contributed by atoms with Gasteiger partial charge in [0, 0.05) is 18.8 Å².